The lowest BCUT2D eigenvalue weighted by Crippen LogP contribution is -1.97. The maximum Gasteiger partial charge on any atom is 0.302 e. The van der Waals surface area contributed by atoms with Crippen molar-refractivity contribution >= 4 is 12.3 Å². The molecule has 0 saturated carbocycles. The number of carbonyl (C=O) groups is 2. The summed E-state index contributed by atoms with van der Waals surface area (Å²) in [7, 11) is 0. The average Bonchev–Trinajstić information content (AvgIpc) is 2.34. The van der Waals surface area contributed by atoms with Crippen molar-refractivity contribution in [2.24, 2.45) is 0 Å². The Bertz CT molecular complexity index is 234. The van der Waals surface area contributed by atoms with Crippen LogP contribution in [0.1, 0.15) is 64.7 Å². The van der Waals surface area contributed by atoms with Crippen LogP contribution < -0.4 is 0 Å². The maximum atomic E-state index is 10.5. The molecular formula is C15H26O3. The lowest BCUT2D eigenvalue weighted by molar-refractivity contribution is -0.139. The predicted octanol–water partition coefficient (Wildman–Crippen LogP) is 3.82. The van der Waals surface area contributed by atoms with E-state index < -0.39 is 0 Å². The fourth-order valence-electron chi connectivity index (χ4n) is 1.73. The highest BCUT2D eigenvalue weighted by molar-refractivity contribution is 5.65. The molecule has 0 aromatic heterocycles. The molecule has 18 heavy (non-hydrogen) atoms. The van der Waals surface area contributed by atoms with E-state index in [0.717, 1.165) is 19.1 Å². The number of hydrogen-bond donors (Lipinski definition) is 0. The lowest BCUT2D eigenvalue weighted by atomic mass is 10.1. The Kier molecular flexibility index (Phi) is 13.1. The third-order valence-electron chi connectivity index (χ3n) is 2.74. The molecule has 0 aliphatic rings. The molecule has 0 fully saturated rings. The van der Waals surface area contributed by atoms with E-state index in [4.69, 9.17) is 4.74 Å². The smallest absolute Gasteiger partial charge is 0.302 e. The van der Waals surface area contributed by atoms with Crippen LogP contribution in [0.4, 0.5) is 0 Å². The summed E-state index contributed by atoms with van der Waals surface area (Å²) in [6.07, 6.45) is 15.2. The van der Waals surface area contributed by atoms with Crippen molar-refractivity contribution in [2.45, 2.75) is 64.7 Å². The number of hydrogen-bond acceptors (Lipinski definition) is 3. The second-order valence-corrected chi connectivity index (χ2v) is 4.49. The van der Waals surface area contributed by atoms with Crippen molar-refractivity contribution in [2.75, 3.05) is 6.61 Å². The second kappa shape index (κ2) is 13.9. The first-order chi connectivity index (χ1) is 8.77. The van der Waals surface area contributed by atoms with Gasteiger partial charge >= 0.3 is 5.97 Å². The summed E-state index contributed by atoms with van der Waals surface area (Å²) >= 11 is 0. The van der Waals surface area contributed by atoms with Crippen LogP contribution in [0.2, 0.25) is 0 Å². The minimum Gasteiger partial charge on any atom is -0.462 e. The molecule has 3 nitrogen and oxygen atoms in total. The molecular weight excluding hydrogens is 228 g/mol. The number of esters is 1. The van der Waals surface area contributed by atoms with Gasteiger partial charge in [-0.05, 0) is 19.3 Å². The van der Waals surface area contributed by atoms with Gasteiger partial charge in [-0.1, -0.05) is 44.3 Å². The van der Waals surface area contributed by atoms with Crippen molar-refractivity contribution in [3.05, 3.63) is 12.2 Å². The van der Waals surface area contributed by atoms with E-state index in [1.807, 2.05) is 6.08 Å². The van der Waals surface area contributed by atoms with Crippen LogP contribution in [-0.4, -0.2) is 18.9 Å². The molecule has 0 aliphatic heterocycles. The van der Waals surface area contributed by atoms with E-state index in [0.29, 0.717) is 13.0 Å². The molecule has 0 bridgehead atoms. The highest BCUT2D eigenvalue weighted by atomic mass is 16.5. The van der Waals surface area contributed by atoms with Crippen molar-refractivity contribution < 1.29 is 14.3 Å². The van der Waals surface area contributed by atoms with Gasteiger partial charge in [-0.3, -0.25) is 4.79 Å². The molecule has 104 valence electrons. The lowest BCUT2D eigenvalue weighted by Gasteiger charge is -1.99. The topological polar surface area (TPSA) is 43.4 Å². The summed E-state index contributed by atoms with van der Waals surface area (Å²) < 4.78 is 4.78. The molecule has 0 spiro atoms. The highest BCUT2D eigenvalue weighted by Crippen LogP contribution is 2.09. The van der Waals surface area contributed by atoms with E-state index in [1.54, 1.807) is 0 Å². The zero-order valence-electron chi connectivity index (χ0n) is 11.5. The number of unbranched alkanes of at least 4 members (excludes halogenated alkanes) is 8. The molecule has 0 aromatic rings. The van der Waals surface area contributed by atoms with Crippen LogP contribution in [0.15, 0.2) is 12.2 Å². The van der Waals surface area contributed by atoms with Crippen molar-refractivity contribution in [3.63, 3.8) is 0 Å². The van der Waals surface area contributed by atoms with Crippen LogP contribution >= 0.6 is 0 Å². The third kappa shape index (κ3) is 14.9. The second-order valence-electron chi connectivity index (χ2n) is 4.49. The van der Waals surface area contributed by atoms with Gasteiger partial charge in [-0.15, -0.1) is 0 Å². The number of allylic oxidation sites excluding steroid dienone is 1. The van der Waals surface area contributed by atoms with E-state index >= 15 is 0 Å². The van der Waals surface area contributed by atoms with Crippen LogP contribution in [0, 0.1) is 0 Å². The van der Waals surface area contributed by atoms with Gasteiger partial charge in [0.25, 0.3) is 0 Å². The van der Waals surface area contributed by atoms with Crippen LogP contribution in [0.5, 0.6) is 0 Å². The Balaban J connectivity index is 3.06. The molecule has 0 aromatic carbocycles. The Morgan fingerprint density at radius 3 is 2.00 bits per heavy atom. The molecule has 0 heterocycles. The van der Waals surface area contributed by atoms with Crippen LogP contribution in [-0.2, 0) is 14.3 Å². The molecule has 0 N–H and O–H groups in total. The third-order valence-corrected chi connectivity index (χ3v) is 2.74. The Morgan fingerprint density at radius 1 is 0.889 bits per heavy atom. The fraction of sp³-hybridized carbons (Fsp3) is 0.733. The quantitative estimate of drug-likeness (QED) is 0.230. The first-order valence-corrected chi connectivity index (χ1v) is 6.99. The van der Waals surface area contributed by atoms with Gasteiger partial charge in [0, 0.05) is 13.3 Å². The monoisotopic (exact) mass is 254 g/mol. The van der Waals surface area contributed by atoms with Gasteiger partial charge in [-0.2, -0.15) is 0 Å². The summed E-state index contributed by atoms with van der Waals surface area (Å²) in [6, 6.07) is 0. The molecule has 0 radical (unpaired) electrons. The average molecular weight is 254 g/mol. The van der Waals surface area contributed by atoms with Crippen LogP contribution in [0.3, 0.4) is 0 Å². The molecule has 0 amide bonds. The number of ether oxygens (including phenoxy) is 1. The highest BCUT2D eigenvalue weighted by Gasteiger charge is 1.91. The first-order valence-electron chi connectivity index (χ1n) is 6.99. The van der Waals surface area contributed by atoms with Crippen molar-refractivity contribution in [1.29, 1.82) is 0 Å². The minimum absolute atomic E-state index is 0.228. The number of aldehydes is 1. The van der Waals surface area contributed by atoms with Crippen LogP contribution in [0.25, 0.3) is 0 Å². The molecule has 0 rings (SSSR count). The van der Waals surface area contributed by atoms with Gasteiger partial charge in [-0.25, -0.2) is 0 Å². The zero-order chi connectivity index (χ0) is 13.5. The Labute approximate surface area is 111 Å². The normalized spacial score (nSPS) is 10.7. The van der Waals surface area contributed by atoms with E-state index in [-0.39, 0.29) is 5.97 Å². The summed E-state index contributed by atoms with van der Waals surface area (Å²) in [5, 5.41) is 0. The number of rotatable bonds is 12. The molecule has 0 atom stereocenters. The standard InChI is InChI=1S/C15H26O3/c1-15(17)18-14-12-10-8-6-4-2-3-5-7-9-11-13-16/h10,12-13H,2-9,11,14H2,1H3/b12-10+. The Hall–Kier alpha value is -1.12. The predicted molar refractivity (Wildman–Crippen MR) is 73.4 cm³/mol. The zero-order valence-corrected chi connectivity index (χ0v) is 11.5. The van der Waals surface area contributed by atoms with Crippen molar-refractivity contribution in [3.8, 4) is 0 Å². The molecule has 0 aliphatic carbocycles. The summed E-state index contributed by atoms with van der Waals surface area (Å²) in [4.78, 5) is 20.6. The van der Waals surface area contributed by atoms with Gasteiger partial charge in [0.15, 0.2) is 0 Å². The van der Waals surface area contributed by atoms with E-state index in [1.165, 1.54) is 45.4 Å². The van der Waals surface area contributed by atoms with Gasteiger partial charge < -0.3 is 9.53 Å². The summed E-state index contributed by atoms with van der Waals surface area (Å²) in [5.74, 6) is -0.228. The summed E-state index contributed by atoms with van der Waals surface area (Å²) in [5.41, 5.74) is 0. The fourth-order valence-corrected chi connectivity index (χ4v) is 1.73. The summed E-state index contributed by atoms with van der Waals surface area (Å²) in [6.45, 7) is 1.81. The molecule has 3 heteroatoms. The molecule has 0 saturated heterocycles. The molecule has 0 unspecified atom stereocenters. The Morgan fingerprint density at radius 2 is 1.44 bits per heavy atom. The number of carbonyl (C=O) groups excluding carboxylic acids is 2. The van der Waals surface area contributed by atoms with E-state index in [2.05, 4.69) is 6.08 Å². The maximum absolute atomic E-state index is 10.5. The van der Waals surface area contributed by atoms with Crippen molar-refractivity contribution in [1.82, 2.24) is 0 Å². The van der Waals surface area contributed by atoms with E-state index in [9.17, 15) is 9.59 Å². The van der Waals surface area contributed by atoms with Gasteiger partial charge in [0.05, 0.1) is 0 Å². The SMILES string of the molecule is CC(=O)OC/C=C/CCCCCCCCCC=O. The van der Waals surface area contributed by atoms with Gasteiger partial charge in [0.2, 0.25) is 0 Å². The minimum atomic E-state index is -0.228. The van der Waals surface area contributed by atoms with Gasteiger partial charge in [0.1, 0.15) is 12.9 Å². The largest absolute Gasteiger partial charge is 0.462 e. The first kappa shape index (κ1) is 16.9.